The monoisotopic (exact) mass is 497 g/mol. The topological polar surface area (TPSA) is 55.6 Å². The highest BCUT2D eigenvalue weighted by Crippen LogP contribution is 2.26. The quantitative estimate of drug-likeness (QED) is 0.155. The molecule has 1 unspecified atom stereocenters. The number of benzene rings is 1. The minimum Gasteiger partial charge on any atom is -0.481 e. The highest BCUT2D eigenvalue weighted by Gasteiger charge is 2.20. The van der Waals surface area contributed by atoms with Gasteiger partial charge in [0.25, 0.3) is 10.9 Å². The maximum Gasteiger partial charge on any atom is 0.267 e. The Morgan fingerprint density at radius 3 is 2.20 bits per heavy atom. The minimum absolute atomic E-state index is 0.236. The van der Waals surface area contributed by atoms with E-state index in [2.05, 4.69) is 34.2 Å². The van der Waals surface area contributed by atoms with E-state index in [0.29, 0.717) is 16.6 Å². The van der Waals surface area contributed by atoms with Crippen LogP contribution in [0.15, 0.2) is 30.5 Å². The number of carbonyl (C=O) groups excluding carboxylic acids is 1. The number of rotatable bonds is 19. The lowest BCUT2D eigenvalue weighted by molar-refractivity contribution is -0.122. The molecule has 1 amide bonds. The average molecular weight is 498 g/mol. The first-order chi connectivity index (χ1) is 17.2. The molecule has 2 rings (SSSR count). The first-order valence-corrected chi connectivity index (χ1v) is 14.4. The molecule has 0 aliphatic rings. The molecule has 1 aromatic heterocycles. The summed E-state index contributed by atoms with van der Waals surface area (Å²) in [6, 6.07) is 8.09. The Kier molecular flexibility index (Phi) is 14.8. The van der Waals surface area contributed by atoms with Gasteiger partial charge in [-0.25, -0.2) is 9.83 Å². The van der Waals surface area contributed by atoms with Gasteiger partial charge in [0.05, 0.1) is 6.57 Å². The molecule has 0 spiro atoms. The van der Waals surface area contributed by atoms with Gasteiger partial charge in [0.15, 0.2) is 11.2 Å². The molecule has 0 saturated carbocycles. The molecule has 0 aliphatic carbocycles. The Morgan fingerprint density at radius 2 is 1.63 bits per heavy atom. The highest BCUT2D eigenvalue weighted by atomic mass is 32.1. The summed E-state index contributed by atoms with van der Waals surface area (Å²) in [4.78, 5) is 20.0. The Bertz CT molecular complexity index is 890. The second-order valence-electron chi connectivity index (χ2n) is 9.26. The van der Waals surface area contributed by atoms with Crippen LogP contribution in [0.5, 0.6) is 5.75 Å². The summed E-state index contributed by atoms with van der Waals surface area (Å²) >= 11 is 1.17. The van der Waals surface area contributed by atoms with Crippen molar-refractivity contribution in [2.45, 2.75) is 116 Å². The number of aromatic nitrogens is 1. The third-order valence-electron chi connectivity index (χ3n) is 6.24. The number of nitrogens with zero attached hydrogens (tertiary/aromatic N) is 2. The smallest absolute Gasteiger partial charge is 0.267 e. The second-order valence-corrected chi connectivity index (χ2v) is 10.3. The molecule has 192 valence electrons. The average Bonchev–Trinajstić information content (AvgIpc) is 3.33. The van der Waals surface area contributed by atoms with E-state index in [1.54, 1.807) is 0 Å². The van der Waals surface area contributed by atoms with Crippen molar-refractivity contribution in [1.82, 2.24) is 4.98 Å². The van der Waals surface area contributed by atoms with Gasteiger partial charge in [0, 0.05) is 6.20 Å². The van der Waals surface area contributed by atoms with E-state index in [1.165, 1.54) is 107 Å². The van der Waals surface area contributed by atoms with Gasteiger partial charge in [-0.3, -0.25) is 10.1 Å². The van der Waals surface area contributed by atoms with E-state index >= 15 is 0 Å². The van der Waals surface area contributed by atoms with Crippen molar-refractivity contribution in [3.05, 3.63) is 47.4 Å². The molecule has 5 nitrogen and oxygen atoms in total. The van der Waals surface area contributed by atoms with E-state index in [0.717, 1.165) is 12.2 Å². The van der Waals surface area contributed by atoms with Crippen LogP contribution in [-0.2, 0) is 11.2 Å². The second kappa shape index (κ2) is 18.0. The zero-order chi connectivity index (χ0) is 25.1. The lowest BCUT2D eigenvalue weighted by Gasteiger charge is -2.17. The van der Waals surface area contributed by atoms with Gasteiger partial charge in [-0.1, -0.05) is 103 Å². The number of amides is 1. The van der Waals surface area contributed by atoms with Crippen LogP contribution >= 0.6 is 11.3 Å². The predicted molar refractivity (Wildman–Crippen MR) is 148 cm³/mol. The van der Waals surface area contributed by atoms with Gasteiger partial charge in [-0.2, -0.15) is 0 Å². The molecule has 0 radical (unpaired) electrons. The molecule has 0 aliphatic heterocycles. The largest absolute Gasteiger partial charge is 0.481 e. The number of aryl methyl sites for hydroxylation is 1. The molecular formula is C29H43N3O2S. The molecule has 0 fully saturated rings. The van der Waals surface area contributed by atoms with E-state index in [9.17, 15) is 4.79 Å². The minimum atomic E-state index is -0.595. The van der Waals surface area contributed by atoms with E-state index in [-0.39, 0.29) is 5.91 Å². The fourth-order valence-electron chi connectivity index (χ4n) is 4.17. The Labute approximate surface area is 216 Å². The van der Waals surface area contributed by atoms with Crippen molar-refractivity contribution in [1.29, 1.82) is 0 Å². The molecule has 0 bridgehead atoms. The molecule has 1 aromatic carbocycles. The highest BCUT2D eigenvalue weighted by molar-refractivity contribution is 7.19. The first-order valence-electron chi connectivity index (χ1n) is 13.6. The summed E-state index contributed by atoms with van der Waals surface area (Å²) in [6.45, 7) is 11.2. The third kappa shape index (κ3) is 12.2. The van der Waals surface area contributed by atoms with Crippen LogP contribution < -0.4 is 10.1 Å². The standard InChI is InChI=1S/C29H43N3O2S/c1-4-6-7-8-9-10-11-12-13-14-15-16-17-19-24-20-18-21-25(22-24)34-26(5-2)28(33)32-29-31-23-27(30-3)35-29/h18,20-23,26H,4-17,19H2,1-2H3,(H,31,32,33). The number of hydrogen-bond acceptors (Lipinski definition) is 4. The van der Waals surface area contributed by atoms with Crippen LogP contribution in [0.3, 0.4) is 0 Å². The van der Waals surface area contributed by atoms with Crippen molar-refractivity contribution in [2.75, 3.05) is 5.32 Å². The predicted octanol–water partition coefficient (Wildman–Crippen LogP) is 9.12. The van der Waals surface area contributed by atoms with Crippen LogP contribution in [0.2, 0.25) is 0 Å². The van der Waals surface area contributed by atoms with E-state index in [1.807, 2.05) is 19.1 Å². The maximum atomic E-state index is 12.6. The Morgan fingerprint density at radius 1 is 1.00 bits per heavy atom. The molecule has 1 N–H and O–H groups in total. The number of anilines is 1. The van der Waals surface area contributed by atoms with Crippen molar-refractivity contribution in [2.24, 2.45) is 0 Å². The SMILES string of the molecule is [C-]#[N+]c1cnc(NC(=O)C(CC)Oc2cccc(CCCCCCCCCCCCCCC)c2)s1. The van der Waals surface area contributed by atoms with Gasteiger partial charge >= 0.3 is 0 Å². The fourth-order valence-corrected chi connectivity index (χ4v) is 4.77. The van der Waals surface area contributed by atoms with Crippen LogP contribution in [0.4, 0.5) is 10.1 Å². The summed E-state index contributed by atoms with van der Waals surface area (Å²) in [5.74, 6) is 0.487. The van der Waals surface area contributed by atoms with E-state index < -0.39 is 6.10 Å². The normalized spacial score (nSPS) is 11.7. The van der Waals surface area contributed by atoms with Crippen LogP contribution in [0, 0.1) is 6.57 Å². The summed E-state index contributed by atoms with van der Waals surface area (Å²) < 4.78 is 5.99. The summed E-state index contributed by atoms with van der Waals surface area (Å²) in [5, 5.41) is 3.65. The van der Waals surface area contributed by atoms with Crippen LogP contribution in [-0.4, -0.2) is 17.0 Å². The Hall–Kier alpha value is -2.39. The third-order valence-corrected chi connectivity index (χ3v) is 7.05. The molecule has 2 aromatic rings. The molecule has 6 heteroatoms. The van der Waals surface area contributed by atoms with Gasteiger partial charge < -0.3 is 4.74 Å². The van der Waals surface area contributed by atoms with Crippen LogP contribution in [0.25, 0.3) is 4.85 Å². The van der Waals surface area contributed by atoms with Gasteiger partial charge in [0.2, 0.25) is 0 Å². The molecule has 1 heterocycles. The van der Waals surface area contributed by atoms with Crippen molar-refractivity contribution in [3.8, 4) is 5.75 Å². The van der Waals surface area contributed by atoms with Gasteiger partial charge in [-0.05, 0) is 37.0 Å². The Balaban J connectivity index is 1.61. The van der Waals surface area contributed by atoms with Gasteiger partial charge in [-0.15, -0.1) is 11.3 Å². The molecule has 35 heavy (non-hydrogen) atoms. The molecular weight excluding hydrogens is 454 g/mol. The zero-order valence-electron chi connectivity index (χ0n) is 21.7. The molecule has 1 atom stereocenters. The summed E-state index contributed by atoms with van der Waals surface area (Å²) in [5.41, 5.74) is 1.25. The van der Waals surface area contributed by atoms with Gasteiger partial charge in [0.1, 0.15) is 5.75 Å². The zero-order valence-corrected chi connectivity index (χ0v) is 22.5. The summed E-state index contributed by atoms with van der Waals surface area (Å²) in [7, 11) is 0. The maximum absolute atomic E-state index is 12.6. The molecule has 0 saturated heterocycles. The van der Waals surface area contributed by atoms with Crippen molar-refractivity contribution < 1.29 is 9.53 Å². The first kappa shape index (κ1) is 28.8. The van der Waals surface area contributed by atoms with Crippen LogP contribution in [0.1, 0.15) is 109 Å². The number of thiazole rings is 1. The lowest BCUT2D eigenvalue weighted by atomic mass is 10.0. The van der Waals surface area contributed by atoms with Crippen molar-refractivity contribution >= 4 is 27.4 Å². The number of ether oxygens (including phenoxy) is 1. The van der Waals surface area contributed by atoms with E-state index in [4.69, 9.17) is 11.3 Å². The lowest BCUT2D eigenvalue weighted by Crippen LogP contribution is -2.32. The number of hydrogen-bond donors (Lipinski definition) is 1. The summed E-state index contributed by atoms with van der Waals surface area (Å²) in [6.07, 6.45) is 20.1. The number of nitrogens with one attached hydrogen (secondary N) is 1. The van der Waals surface area contributed by atoms with Crippen molar-refractivity contribution in [3.63, 3.8) is 0 Å². The number of carbonyl (C=O) groups is 1. The number of unbranched alkanes of at least 4 members (excludes halogenated alkanes) is 12. The fraction of sp³-hybridized carbons (Fsp3) is 0.621.